The average molecular weight is 656 g/mol. The van der Waals surface area contributed by atoms with Crippen molar-refractivity contribution in [1.29, 1.82) is 0 Å². The number of carbonyl (C=O) groups is 1. The molecule has 268 valence electrons. The molecule has 0 atom stereocenters. The van der Waals surface area contributed by atoms with Crippen LogP contribution < -0.4 is 5.11 Å². The van der Waals surface area contributed by atoms with E-state index in [0.29, 0.717) is 0 Å². The normalized spacial score (nSPS) is 11.7. The lowest BCUT2D eigenvalue weighted by molar-refractivity contribution is -0.929. The second-order valence-electron chi connectivity index (χ2n) is 13.3. The third-order valence-corrected chi connectivity index (χ3v) is 9.28. The predicted octanol–water partition coefficient (Wildman–Crippen LogP) is 8.36. The molecule has 0 aromatic heterocycles. The van der Waals surface area contributed by atoms with Crippen LogP contribution in [0.4, 0.5) is 0 Å². The molecule has 0 spiro atoms. The zero-order valence-corrected chi connectivity index (χ0v) is 29.9. The van der Waals surface area contributed by atoms with Gasteiger partial charge in [-0.05, 0) is 87.8 Å². The number of aliphatic hydroxyl groups excluding tert-OH is 3. The van der Waals surface area contributed by atoms with E-state index >= 15 is 0 Å². The molecule has 0 saturated carbocycles. The number of hydrogen-bond donors (Lipinski definition) is 3. The molecule has 0 radical (unpaired) electrons. The Bertz CT molecular complexity index is 1010. The van der Waals surface area contributed by atoms with E-state index in [2.05, 4.69) is 19.1 Å². The molecule has 0 aliphatic rings. The summed E-state index contributed by atoms with van der Waals surface area (Å²) in [5.41, 5.74) is 0.248. The third-order valence-electron chi connectivity index (χ3n) is 9.28. The molecule has 47 heavy (non-hydrogen) atoms. The lowest BCUT2D eigenvalue weighted by Gasteiger charge is -2.39. The van der Waals surface area contributed by atoms with Gasteiger partial charge in [0.1, 0.15) is 0 Å². The van der Waals surface area contributed by atoms with Crippen molar-refractivity contribution in [2.24, 2.45) is 0 Å². The highest BCUT2D eigenvalue weighted by Crippen LogP contribution is 2.19. The van der Waals surface area contributed by atoms with Crippen LogP contribution in [0.25, 0.3) is 10.8 Å². The number of benzene rings is 2. The van der Waals surface area contributed by atoms with Crippen LogP contribution in [-0.4, -0.2) is 71.8 Å². The SMILES string of the molecule is CCCCCCCC/C=C\CCCCCCCC[N+](CCCCO)(CCCCO)CCCCO.O=C([O-])c1cccc2ccccc12. The monoisotopic (exact) mass is 656 g/mol. The molecule has 2 aromatic rings. The van der Waals surface area contributed by atoms with Gasteiger partial charge in [-0.3, -0.25) is 0 Å². The van der Waals surface area contributed by atoms with E-state index in [4.69, 9.17) is 0 Å². The first-order chi connectivity index (χ1) is 23.0. The largest absolute Gasteiger partial charge is 0.545 e. The molecule has 2 rings (SSSR count). The molecule has 0 saturated heterocycles. The Balaban J connectivity index is 0.000000693. The number of carbonyl (C=O) groups excluding carboxylic acids is 1. The van der Waals surface area contributed by atoms with E-state index < -0.39 is 5.97 Å². The maximum atomic E-state index is 10.7. The van der Waals surface area contributed by atoms with Crippen molar-refractivity contribution in [2.75, 3.05) is 46.0 Å². The van der Waals surface area contributed by atoms with Crippen LogP contribution in [0.2, 0.25) is 0 Å². The third kappa shape index (κ3) is 21.4. The van der Waals surface area contributed by atoms with Gasteiger partial charge in [0.05, 0.1) is 32.1 Å². The Morgan fingerprint density at radius 2 is 1.00 bits per heavy atom. The van der Waals surface area contributed by atoms with Gasteiger partial charge in [-0.1, -0.05) is 113 Å². The summed E-state index contributed by atoms with van der Waals surface area (Å²) in [5.74, 6) is -1.13. The average Bonchev–Trinajstić information content (AvgIpc) is 3.08. The Hall–Kier alpha value is -2.25. The summed E-state index contributed by atoms with van der Waals surface area (Å²) in [5, 5.41) is 40.1. The van der Waals surface area contributed by atoms with Gasteiger partial charge in [0.2, 0.25) is 0 Å². The summed E-state index contributed by atoms with van der Waals surface area (Å²) >= 11 is 0. The molecular formula is C41H69NO5. The minimum absolute atomic E-state index is 0.248. The highest BCUT2D eigenvalue weighted by atomic mass is 16.4. The number of allylic oxidation sites excluding steroid dienone is 2. The summed E-state index contributed by atoms with van der Waals surface area (Å²) in [4.78, 5) is 10.7. The zero-order chi connectivity index (χ0) is 34.3. The van der Waals surface area contributed by atoms with Crippen molar-refractivity contribution in [3.05, 3.63) is 60.2 Å². The smallest absolute Gasteiger partial charge is 0.0787 e. The van der Waals surface area contributed by atoms with Gasteiger partial charge in [0.15, 0.2) is 0 Å². The van der Waals surface area contributed by atoms with Crippen molar-refractivity contribution in [3.63, 3.8) is 0 Å². The van der Waals surface area contributed by atoms with Gasteiger partial charge >= 0.3 is 0 Å². The van der Waals surface area contributed by atoms with E-state index in [9.17, 15) is 25.2 Å². The van der Waals surface area contributed by atoms with Crippen molar-refractivity contribution in [2.45, 2.75) is 135 Å². The molecule has 0 unspecified atom stereocenters. The van der Waals surface area contributed by atoms with Gasteiger partial charge in [-0.2, -0.15) is 0 Å². The van der Waals surface area contributed by atoms with E-state index in [-0.39, 0.29) is 25.4 Å². The number of fused-ring (bicyclic) bond motifs is 1. The number of nitrogens with zero attached hydrogens (tertiary/aromatic N) is 1. The summed E-state index contributed by atoms with van der Waals surface area (Å²) in [6.45, 7) is 7.71. The summed E-state index contributed by atoms with van der Waals surface area (Å²) in [7, 11) is 0. The summed E-state index contributed by atoms with van der Waals surface area (Å²) in [6, 6.07) is 12.5. The lowest BCUT2D eigenvalue weighted by Crippen LogP contribution is -2.51. The van der Waals surface area contributed by atoms with Crippen molar-refractivity contribution in [1.82, 2.24) is 0 Å². The van der Waals surface area contributed by atoms with Gasteiger partial charge in [0.25, 0.3) is 0 Å². The maximum absolute atomic E-state index is 10.7. The minimum atomic E-state index is -1.13. The number of carboxylic acids is 1. The number of quaternary nitrogens is 1. The first-order valence-electron chi connectivity index (χ1n) is 19.1. The second-order valence-corrected chi connectivity index (χ2v) is 13.3. The molecule has 3 N–H and O–H groups in total. The molecular weight excluding hydrogens is 586 g/mol. The Morgan fingerprint density at radius 3 is 1.49 bits per heavy atom. The van der Waals surface area contributed by atoms with Crippen LogP contribution in [0.3, 0.4) is 0 Å². The fourth-order valence-electron chi connectivity index (χ4n) is 6.45. The van der Waals surface area contributed by atoms with Crippen molar-refractivity contribution < 1.29 is 29.7 Å². The molecule has 0 bridgehead atoms. The molecule has 0 fully saturated rings. The Kier molecular flexibility index (Phi) is 27.2. The topological polar surface area (TPSA) is 101 Å². The number of unbranched alkanes of at least 4 members (excludes halogenated alkanes) is 15. The molecule has 0 heterocycles. The second kappa shape index (κ2) is 29.9. The summed E-state index contributed by atoms with van der Waals surface area (Å²) in [6.07, 6.45) is 29.5. The number of rotatable bonds is 29. The first-order valence-corrected chi connectivity index (χ1v) is 19.1. The molecule has 0 amide bonds. The van der Waals surface area contributed by atoms with Crippen LogP contribution >= 0.6 is 0 Å². The quantitative estimate of drug-likeness (QED) is 0.0465. The maximum Gasteiger partial charge on any atom is 0.0787 e. The van der Waals surface area contributed by atoms with Crippen molar-refractivity contribution >= 4 is 16.7 Å². The van der Waals surface area contributed by atoms with Crippen LogP contribution in [0.5, 0.6) is 0 Å². The fraction of sp³-hybridized carbons (Fsp3) is 0.683. The molecule has 2 aromatic carbocycles. The van der Waals surface area contributed by atoms with Crippen LogP contribution in [-0.2, 0) is 0 Å². The first kappa shape index (κ1) is 42.8. The van der Waals surface area contributed by atoms with E-state index in [0.717, 1.165) is 73.4 Å². The molecule has 6 nitrogen and oxygen atoms in total. The van der Waals surface area contributed by atoms with Crippen LogP contribution in [0.1, 0.15) is 146 Å². The van der Waals surface area contributed by atoms with Crippen molar-refractivity contribution in [3.8, 4) is 0 Å². The lowest BCUT2D eigenvalue weighted by atomic mass is 10.1. The molecule has 0 aliphatic heterocycles. The molecule has 6 heteroatoms. The number of hydrogen-bond acceptors (Lipinski definition) is 5. The predicted molar refractivity (Wildman–Crippen MR) is 196 cm³/mol. The van der Waals surface area contributed by atoms with Gasteiger partial charge in [-0.25, -0.2) is 0 Å². The van der Waals surface area contributed by atoms with E-state index in [1.807, 2.05) is 24.3 Å². The highest BCUT2D eigenvalue weighted by molar-refractivity contribution is 6.02. The van der Waals surface area contributed by atoms with Crippen LogP contribution in [0.15, 0.2) is 54.6 Å². The van der Waals surface area contributed by atoms with Crippen LogP contribution in [0, 0.1) is 0 Å². The Labute approximate surface area is 287 Å². The number of aliphatic hydroxyl groups is 3. The summed E-state index contributed by atoms with van der Waals surface area (Å²) < 4.78 is 1.11. The van der Waals surface area contributed by atoms with Gasteiger partial charge < -0.3 is 29.7 Å². The van der Waals surface area contributed by atoms with E-state index in [1.165, 1.54) is 96.4 Å². The standard InChI is InChI=1S/C30H62NO3.C11H8O2/c1-2-3-4-5-6-7-8-9-10-11-12-13-14-15-16-17-24-31(25-18-21-28-32,26-19-22-29-33)27-20-23-30-34;12-11(13)10-7-3-5-8-4-1-2-6-9(8)10/h9-10,32-34H,2-8,11-30H2,1H3;1-7H,(H,12,13)/q+1;/p-1/b10-9-;. The zero-order valence-electron chi connectivity index (χ0n) is 29.9. The minimum Gasteiger partial charge on any atom is -0.545 e. The highest BCUT2D eigenvalue weighted by Gasteiger charge is 2.25. The van der Waals surface area contributed by atoms with Gasteiger partial charge in [-0.15, -0.1) is 0 Å². The molecule has 0 aliphatic carbocycles. The fourth-order valence-corrected chi connectivity index (χ4v) is 6.45. The Morgan fingerprint density at radius 1 is 0.574 bits per heavy atom. The van der Waals surface area contributed by atoms with Gasteiger partial charge in [0, 0.05) is 25.4 Å². The van der Waals surface area contributed by atoms with E-state index in [1.54, 1.807) is 18.2 Å². The number of aromatic carboxylic acids is 1. The number of carboxylic acid groups (broad SMARTS) is 1.